The molecule has 0 saturated heterocycles. The van der Waals surface area contributed by atoms with Gasteiger partial charge in [0, 0.05) is 11.3 Å². The van der Waals surface area contributed by atoms with Gasteiger partial charge in [-0.25, -0.2) is 0 Å². The number of amides is 1. The average Bonchev–Trinajstić information content (AvgIpc) is 3.28. The number of nitrogens with zero attached hydrogens (tertiary/aromatic N) is 3. The molecule has 5 rings (SSSR count). The van der Waals surface area contributed by atoms with Gasteiger partial charge in [-0.05, 0) is 79.8 Å². The van der Waals surface area contributed by atoms with Gasteiger partial charge in [-0.3, -0.25) is 10.1 Å². The standard InChI is InChI=1S/C24H21N5O4S/c1-2-31-18-7-5-17(6-8-18)29-27-19-9-4-16(14-20(19)28-29)25-24(34)26-23(30)15-3-10-21-22(13-15)33-12-11-32-21/h3-10,13-14H,2,11-12H2,1H3,(H2,25,26,30,34). The molecule has 9 nitrogen and oxygen atoms in total. The maximum atomic E-state index is 12.6. The number of thiocarbonyl (C=S) groups is 1. The Morgan fingerprint density at radius 2 is 1.76 bits per heavy atom. The van der Waals surface area contributed by atoms with Crippen LogP contribution in [0.15, 0.2) is 60.7 Å². The zero-order valence-corrected chi connectivity index (χ0v) is 19.1. The molecule has 0 radical (unpaired) electrons. The minimum atomic E-state index is -0.350. The zero-order valence-electron chi connectivity index (χ0n) is 18.3. The van der Waals surface area contributed by atoms with Crippen molar-refractivity contribution in [3.05, 3.63) is 66.2 Å². The van der Waals surface area contributed by atoms with Crippen LogP contribution in [0.3, 0.4) is 0 Å². The van der Waals surface area contributed by atoms with Gasteiger partial charge in [0.1, 0.15) is 30.0 Å². The lowest BCUT2D eigenvalue weighted by atomic mass is 10.2. The maximum Gasteiger partial charge on any atom is 0.257 e. The summed E-state index contributed by atoms with van der Waals surface area (Å²) >= 11 is 5.32. The maximum absolute atomic E-state index is 12.6. The van der Waals surface area contributed by atoms with Gasteiger partial charge in [-0.2, -0.15) is 4.80 Å². The number of benzene rings is 3. The highest BCUT2D eigenvalue weighted by atomic mass is 32.1. The van der Waals surface area contributed by atoms with E-state index in [1.165, 1.54) is 0 Å². The molecule has 172 valence electrons. The van der Waals surface area contributed by atoms with Gasteiger partial charge in [0.15, 0.2) is 16.6 Å². The normalized spacial score (nSPS) is 12.3. The Morgan fingerprint density at radius 1 is 1.00 bits per heavy atom. The molecule has 0 atom stereocenters. The van der Waals surface area contributed by atoms with E-state index in [-0.39, 0.29) is 11.0 Å². The van der Waals surface area contributed by atoms with E-state index in [1.807, 2.05) is 49.4 Å². The molecule has 2 heterocycles. The highest BCUT2D eigenvalue weighted by Gasteiger charge is 2.16. The zero-order chi connectivity index (χ0) is 23.5. The van der Waals surface area contributed by atoms with E-state index in [0.29, 0.717) is 48.1 Å². The fourth-order valence-electron chi connectivity index (χ4n) is 3.47. The number of aromatic nitrogens is 3. The van der Waals surface area contributed by atoms with Crippen molar-refractivity contribution in [2.24, 2.45) is 0 Å². The smallest absolute Gasteiger partial charge is 0.257 e. The first-order valence-electron chi connectivity index (χ1n) is 10.7. The molecule has 3 aromatic carbocycles. The Labute approximate surface area is 200 Å². The van der Waals surface area contributed by atoms with Crippen molar-refractivity contribution in [2.45, 2.75) is 6.92 Å². The third-order valence-corrected chi connectivity index (χ3v) is 5.25. The number of rotatable bonds is 5. The lowest BCUT2D eigenvalue weighted by Gasteiger charge is -2.18. The van der Waals surface area contributed by atoms with E-state index in [0.717, 1.165) is 17.0 Å². The molecule has 0 aliphatic carbocycles. The minimum absolute atomic E-state index is 0.165. The van der Waals surface area contributed by atoms with E-state index >= 15 is 0 Å². The van der Waals surface area contributed by atoms with Crippen LogP contribution in [0, 0.1) is 0 Å². The number of hydrogen-bond acceptors (Lipinski definition) is 7. The van der Waals surface area contributed by atoms with Crippen molar-refractivity contribution >= 4 is 40.0 Å². The number of ether oxygens (including phenoxy) is 3. The second-order valence-corrected chi connectivity index (χ2v) is 7.79. The quantitative estimate of drug-likeness (QED) is 0.422. The topological polar surface area (TPSA) is 99.5 Å². The van der Waals surface area contributed by atoms with Crippen LogP contribution >= 0.6 is 12.2 Å². The molecule has 0 bridgehead atoms. The first-order valence-corrected chi connectivity index (χ1v) is 11.1. The summed E-state index contributed by atoms with van der Waals surface area (Å²) in [5.74, 6) is 1.60. The largest absolute Gasteiger partial charge is 0.494 e. The summed E-state index contributed by atoms with van der Waals surface area (Å²) in [5, 5.41) is 14.9. The molecule has 0 spiro atoms. The number of hydrogen-bond donors (Lipinski definition) is 2. The molecule has 2 N–H and O–H groups in total. The predicted molar refractivity (Wildman–Crippen MR) is 131 cm³/mol. The third kappa shape index (κ3) is 4.62. The monoisotopic (exact) mass is 475 g/mol. The van der Waals surface area contributed by atoms with Crippen LogP contribution in [0.25, 0.3) is 16.7 Å². The van der Waals surface area contributed by atoms with Gasteiger partial charge in [-0.1, -0.05) is 0 Å². The van der Waals surface area contributed by atoms with Crippen LogP contribution in [-0.4, -0.2) is 45.8 Å². The number of anilines is 1. The Kier molecular flexibility index (Phi) is 5.96. The van der Waals surface area contributed by atoms with Crippen LogP contribution < -0.4 is 24.8 Å². The molecule has 1 aliphatic heterocycles. The molecule has 1 aromatic heterocycles. The second kappa shape index (κ2) is 9.36. The highest BCUT2D eigenvalue weighted by Crippen LogP contribution is 2.30. The molecule has 1 amide bonds. The lowest BCUT2D eigenvalue weighted by Crippen LogP contribution is -2.34. The summed E-state index contributed by atoms with van der Waals surface area (Å²) in [6, 6.07) is 18.0. The van der Waals surface area contributed by atoms with Crippen LogP contribution in [0.1, 0.15) is 17.3 Å². The molecule has 10 heteroatoms. The van der Waals surface area contributed by atoms with Crippen molar-refractivity contribution in [1.29, 1.82) is 0 Å². The third-order valence-electron chi connectivity index (χ3n) is 5.05. The number of fused-ring (bicyclic) bond motifs is 2. The molecule has 0 unspecified atom stereocenters. The second-order valence-electron chi connectivity index (χ2n) is 7.39. The van der Waals surface area contributed by atoms with Crippen molar-refractivity contribution in [1.82, 2.24) is 20.3 Å². The number of carbonyl (C=O) groups excluding carboxylic acids is 1. The van der Waals surface area contributed by atoms with Gasteiger partial charge in [0.2, 0.25) is 0 Å². The average molecular weight is 476 g/mol. The highest BCUT2D eigenvalue weighted by molar-refractivity contribution is 7.80. The van der Waals surface area contributed by atoms with Crippen LogP contribution in [-0.2, 0) is 0 Å². The van der Waals surface area contributed by atoms with Crippen LogP contribution in [0.4, 0.5) is 5.69 Å². The van der Waals surface area contributed by atoms with Crippen LogP contribution in [0.5, 0.6) is 17.2 Å². The molecular weight excluding hydrogens is 454 g/mol. The van der Waals surface area contributed by atoms with Crippen molar-refractivity contribution < 1.29 is 19.0 Å². The molecule has 0 fully saturated rings. The molecule has 4 aromatic rings. The molecule has 34 heavy (non-hydrogen) atoms. The van der Waals surface area contributed by atoms with Crippen molar-refractivity contribution in [3.63, 3.8) is 0 Å². The number of carbonyl (C=O) groups is 1. The molecular formula is C24H21N5O4S. The molecule has 1 aliphatic rings. The number of nitrogens with one attached hydrogen (secondary N) is 2. The van der Waals surface area contributed by atoms with Gasteiger partial charge >= 0.3 is 0 Å². The fourth-order valence-corrected chi connectivity index (χ4v) is 3.68. The fraction of sp³-hybridized carbons (Fsp3) is 0.167. The lowest BCUT2D eigenvalue weighted by molar-refractivity contribution is 0.0976. The van der Waals surface area contributed by atoms with Gasteiger partial charge in [-0.15, -0.1) is 10.2 Å². The van der Waals surface area contributed by atoms with E-state index < -0.39 is 0 Å². The van der Waals surface area contributed by atoms with Crippen molar-refractivity contribution in [3.8, 4) is 22.9 Å². The van der Waals surface area contributed by atoms with Gasteiger partial charge < -0.3 is 19.5 Å². The Hall–Kier alpha value is -4.18. The Balaban J connectivity index is 1.26. The summed E-state index contributed by atoms with van der Waals surface area (Å²) in [6.45, 7) is 3.49. The van der Waals surface area contributed by atoms with Gasteiger partial charge in [0.05, 0.1) is 12.3 Å². The SMILES string of the molecule is CCOc1ccc(-n2nc3ccc(NC(=S)NC(=O)c4ccc5c(c4)OCCO5)cc3n2)cc1. The Morgan fingerprint density at radius 3 is 2.56 bits per heavy atom. The van der Waals surface area contributed by atoms with E-state index in [1.54, 1.807) is 23.0 Å². The van der Waals surface area contributed by atoms with Gasteiger partial charge in [0.25, 0.3) is 5.91 Å². The van der Waals surface area contributed by atoms with E-state index in [4.69, 9.17) is 26.4 Å². The summed E-state index contributed by atoms with van der Waals surface area (Å²) in [4.78, 5) is 14.2. The first kappa shape index (κ1) is 21.7. The van der Waals surface area contributed by atoms with Crippen LogP contribution in [0.2, 0.25) is 0 Å². The predicted octanol–water partition coefficient (Wildman–Crippen LogP) is 3.72. The van der Waals surface area contributed by atoms with E-state index in [2.05, 4.69) is 20.8 Å². The molecule has 0 saturated carbocycles. The van der Waals surface area contributed by atoms with E-state index in [9.17, 15) is 4.79 Å². The summed E-state index contributed by atoms with van der Waals surface area (Å²) in [6.07, 6.45) is 0. The van der Waals surface area contributed by atoms with Crippen molar-refractivity contribution in [2.75, 3.05) is 25.1 Å². The Bertz CT molecular complexity index is 1370. The minimum Gasteiger partial charge on any atom is -0.494 e. The first-order chi connectivity index (χ1) is 16.6. The summed E-state index contributed by atoms with van der Waals surface area (Å²) < 4.78 is 16.5. The summed E-state index contributed by atoms with van der Waals surface area (Å²) in [5.41, 5.74) is 3.32. The summed E-state index contributed by atoms with van der Waals surface area (Å²) in [7, 11) is 0.